The van der Waals surface area contributed by atoms with Crippen molar-refractivity contribution in [3.63, 3.8) is 0 Å². The van der Waals surface area contributed by atoms with Gasteiger partial charge in [-0.25, -0.2) is 4.79 Å². The van der Waals surface area contributed by atoms with E-state index in [9.17, 15) is 14.9 Å². The van der Waals surface area contributed by atoms with Crippen LogP contribution in [0.5, 0.6) is 0 Å². The largest absolute Gasteiger partial charge is 0.453 e. The minimum atomic E-state index is -0.814. The van der Waals surface area contributed by atoms with E-state index in [4.69, 9.17) is 9.47 Å². The molecule has 30 heavy (non-hydrogen) atoms. The van der Waals surface area contributed by atoms with Crippen LogP contribution in [0.25, 0.3) is 6.08 Å². The normalized spacial score (nSPS) is 12.4. The smallest absolute Gasteiger partial charge is 0.349 e. The highest BCUT2D eigenvalue weighted by Crippen LogP contribution is 2.23. The molecule has 6 heteroatoms. The van der Waals surface area contributed by atoms with E-state index in [1.807, 2.05) is 58.9 Å². The number of aromatic nitrogens is 1. The minimum Gasteiger partial charge on any atom is -0.453 e. The fourth-order valence-corrected chi connectivity index (χ4v) is 3.65. The molecule has 1 heterocycles. The molecule has 158 valence electrons. The number of carbonyl (C=O) groups is 2. The van der Waals surface area contributed by atoms with Crippen molar-refractivity contribution < 1.29 is 19.1 Å². The van der Waals surface area contributed by atoms with Crippen LogP contribution in [0.15, 0.2) is 29.8 Å². The van der Waals surface area contributed by atoms with Crippen LogP contribution in [0.4, 0.5) is 0 Å². The number of Topliss-reactive ketones (excluding diaryl/α,β-unsaturated/α-hetero) is 1. The van der Waals surface area contributed by atoms with Gasteiger partial charge in [0.05, 0.1) is 12.6 Å². The van der Waals surface area contributed by atoms with Crippen molar-refractivity contribution in [1.82, 2.24) is 4.57 Å². The molecule has 1 aromatic heterocycles. The minimum absolute atomic E-state index is 0.116. The number of rotatable bonds is 8. The van der Waals surface area contributed by atoms with E-state index in [1.165, 1.54) is 6.08 Å². The molecule has 0 aliphatic rings. The predicted octanol–water partition coefficient (Wildman–Crippen LogP) is 4.26. The molecule has 0 saturated heterocycles. The van der Waals surface area contributed by atoms with E-state index < -0.39 is 12.6 Å². The summed E-state index contributed by atoms with van der Waals surface area (Å²) < 4.78 is 12.5. The summed E-state index contributed by atoms with van der Waals surface area (Å²) in [5.41, 5.74) is 4.90. The zero-order valence-corrected chi connectivity index (χ0v) is 18.4. The first-order valence-corrected chi connectivity index (χ1v) is 9.76. The molecular weight excluding hydrogens is 380 g/mol. The van der Waals surface area contributed by atoms with Crippen molar-refractivity contribution in [3.8, 4) is 6.07 Å². The Labute approximate surface area is 177 Å². The number of ketones is 1. The predicted molar refractivity (Wildman–Crippen MR) is 115 cm³/mol. The van der Waals surface area contributed by atoms with Gasteiger partial charge in [0.15, 0.2) is 6.61 Å². The molecule has 0 bridgehead atoms. The fourth-order valence-electron chi connectivity index (χ4n) is 3.65. The number of aryl methyl sites for hydroxylation is 3. The Balaban J connectivity index is 2.17. The number of benzene rings is 1. The van der Waals surface area contributed by atoms with Crippen LogP contribution in [0, 0.1) is 39.0 Å². The molecular formula is C24H28N2O4. The van der Waals surface area contributed by atoms with Crippen LogP contribution >= 0.6 is 0 Å². The van der Waals surface area contributed by atoms with Crippen LogP contribution in [0.1, 0.15) is 51.4 Å². The number of esters is 1. The summed E-state index contributed by atoms with van der Waals surface area (Å²) in [6.07, 6.45) is 1.50. The lowest BCUT2D eigenvalue weighted by molar-refractivity contribution is -0.137. The molecule has 2 aromatic rings. The number of hydrogen-bond donors (Lipinski definition) is 0. The maximum absolute atomic E-state index is 12.4. The van der Waals surface area contributed by atoms with E-state index in [2.05, 4.69) is 4.57 Å². The lowest BCUT2D eigenvalue weighted by Gasteiger charge is -2.17. The molecule has 0 fully saturated rings. The molecule has 0 aliphatic heterocycles. The second-order valence-electron chi connectivity index (χ2n) is 7.49. The third-order valence-electron chi connectivity index (χ3n) is 5.03. The SMILES string of the molecule is COC[C@H](C)n1c(C)cc(/C=C(\C#N)C(=O)OCC(=O)c2ccc(C)cc2C)c1C. The fraction of sp³-hybridized carbons (Fsp3) is 0.375. The van der Waals surface area contributed by atoms with Crippen LogP contribution < -0.4 is 0 Å². The molecule has 6 nitrogen and oxygen atoms in total. The van der Waals surface area contributed by atoms with Crippen LogP contribution in [-0.4, -0.2) is 36.6 Å². The van der Waals surface area contributed by atoms with Crippen molar-refractivity contribution in [2.45, 2.75) is 40.7 Å². The van der Waals surface area contributed by atoms with E-state index in [0.717, 1.165) is 28.1 Å². The summed E-state index contributed by atoms with van der Waals surface area (Å²) in [4.78, 5) is 24.8. The van der Waals surface area contributed by atoms with Gasteiger partial charge >= 0.3 is 5.97 Å². The highest BCUT2D eigenvalue weighted by Gasteiger charge is 2.18. The number of ether oxygens (including phenoxy) is 2. The highest BCUT2D eigenvalue weighted by atomic mass is 16.5. The van der Waals surface area contributed by atoms with Gasteiger partial charge in [0.25, 0.3) is 0 Å². The van der Waals surface area contributed by atoms with Crippen LogP contribution in [0.2, 0.25) is 0 Å². The summed E-state index contributed by atoms with van der Waals surface area (Å²) in [5.74, 6) is -1.12. The second-order valence-corrected chi connectivity index (χ2v) is 7.49. The summed E-state index contributed by atoms with van der Waals surface area (Å²) in [6.45, 7) is 9.84. The van der Waals surface area contributed by atoms with E-state index >= 15 is 0 Å². The third kappa shape index (κ3) is 5.25. The van der Waals surface area contributed by atoms with Gasteiger partial charge in [0.2, 0.25) is 5.78 Å². The van der Waals surface area contributed by atoms with Gasteiger partial charge in [-0.1, -0.05) is 23.8 Å². The number of carbonyl (C=O) groups excluding carboxylic acids is 2. The molecule has 0 N–H and O–H groups in total. The number of nitrogens with zero attached hydrogens (tertiary/aromatic N) is 2. The molecule has 0 radical (unpaired) electrons. The van der Waals surface area contributed by atoms with Crippen molar-refractivity contribution in [1.29, 1.82) is 5.26 Å². The maximum atomic E-state index is 12.4. The zero-order chi connectivity index (χ0) is 22.4. The molecule has 1 aromatic carbocycles. The number of nitriles is 1. The van der Waals surface area contributed by atoms with Gasteiger partial charge in [-0.2, -0.15) is 5.26 Å². The molecule has 0 aliphatic carbocycles. The Hall–Kier alpha value is -3.17. The van der Waals surface area contributed by atoms with Gasteiger partial charge in [0, 0.05) is 24.1 Å². The second kappa shape index (κ2) is 10.0. The van der Waals surface area contributed by atoms with Gasteiger partial charge < -0.3 is 14.0 Å². The Morgan fingerprint density at radius 3 is 2.50 bits per heavy atom. The summed E-state index contributed by atoms with van der Waals surface area (Å²) in [6, 6.07) is 9.37. The van der Waals surface area contributed by atoms with Crippen molar-refractivity contribution in [2.24, 2.45) is 0 Å². The maximum Gasteiger partial charge on any atom is 0.349 e. The summed E-state index contributed by atoms with van der Waals surface area (Å²) >= 11 is 0. The standard InChI is InChI=1S/C24H28N2O4/c1-15-7-8-22(16(2)9-15)23(27)14-30-24(28)21(12-25)11-20-10-17(3)26(19(20)5)18(4)13-29-6/h7-11,18H,13-14H2,1-6H3/b21-11+/t18-/m0/s1. The highest BCUT2D eigenvalue weighted by molar-refractivity contribution is 6.02. The number of hydrogen-bond acceptors (Lipinski definition) is 5. The molecule has 0 saturated carbocycles. The molecule has 0 spiro atoms. The zero-order valence-electron chi connectivity index (χ0n) is 18.4. The average Bonchev–Trinajstić information content (AvgIpc) is 2.97. The molecule has 0 amide bonds. The van der Waals surface area contributed by atoms with Gasteiger partial charge in [-0.15, -0.1) is 0 Å². The summed E-state index contributed by atoms with van der Waals surface area (Å²) in [5, 5.41) is 9.44. The first-order chi connectivity index (χ1) is 14.2. The Kier molecular flexibility index (Phi) is 7.73. The Bertz CT molecular complexity index is 1020. The average molecular weight is 408 g/mol. The summed E-state index contributed by atoms with van der Waals surface area (Å²) in [7, 11) is 1.65. The Morgan fingerprint density at radius 2 is 1.90 bits per heavy atom. The van der Waals surface area contributed by atoms with Gasteiger partial charge in [-0.05, 0) is 57.9 Å². The van der Waals surface area contributed by atoms with Gasteiger partial charge in [-0.3, -0.25) is 4.79 Å². The first-order valence-electron chi connectivity index (χ1n) is 9.76. The van der Waals surface area contributed by atoms with Crippen molar-refractivity contribution in [2.75, 3.05) is 20.3 Å². The van der Waals surface area contributed by atoms with Crippen LogP contribution in [0.3, 0.4) is 0 Å². The third-order valence-corrected chi connectivity index (χ3v) is 5.03. The molecule has 1 atom stereocenters. The Morgan fingerprint density at radius 1 is 1.20 bits per heavy atom. The quantitative estimate of drug-likeness (QED) is 0.282. The van der Waals surface area contributed by atoms with E-state index in [1.54, 1.807) is 13.2 Å². The van der Waals surface area contributed by atoms with Crippen LogP contribution in [-0.2, 0) is 14.3 Å². The lowest BCUT2D eigenvalue weighted by Crippen LogP contribution is -2.16. The van der Waals surface area contributed by atoms with E-state index in [0.29, 0.717) is 12.2 Å². The monoisotopic (exact) mass is 408 g/mol. The van der Waals surface area contributed by atoms with Gasteiger partial charge in [0.1, 0.15) is 11.6 Å². The molecule has 2 rings (SSSR count). The number of methoxy groups -OCH3 is 1. The first kappa shape index (κ1) is 23.1. The van der Waals surface area contributed by atoms with Crippen molar-refractivity contribution in [3.05, 3.63) is 63.5 Å². The topological polar surface area (TPSA) is 81.3 Å². The lowest BCUT2D eigenvalue weighted by atomic mass is 10.0. The molecule has 0 unspecified atom stereocenters. The van der Waals surface area contributed by atoms with Crippen molar-refractivity contribution >= 4 is 17.8 Å². The van der Waals surface area contributed by atoms with E-state index in [-0.39, 0.29) is 17.4 Å².